The van der Waals surface area contributed by atoms with Crippen LogP contribution in [0.5, 0.6) is 5.75 Å². The summed E-state index contributed by atoms with van der Waals surface area (Å²) in [4.78, 5) is 8.29. The number of ether oxygens (including phenoxy) is 1. The molecule has 0 radical (unpaired) electrons. The van der Waals surface area contributed by atoms with E-state index in [2.05, 4.69) is 20.2 Å². The highest BCUT2D eigenvalue weighted by Gasteiger charge is 2.15. The van der Waals surface area contributed by atoms with Crippen LogP contribution in [0.3, 0.4) is 0 Å². The lowest BCUT2D eigenvalue weighted by molar-refractivity contribution is 0.414. The topological polar surface area (TPSA) is 91.7 Å². The molecule has 0 aliphatic rings. The summed E-state index contributed by atoms with van der Waals surface area (Å²) in [6.45, 7) is 0.283. The summed E-state index contributed by atoms with van der Waals surface area (Å²) in [7, 11) is 1.63. The van der Waals surface area contributed by atoms with Crippen LogP contribution in [-0.2, 0) is 6.54 Å². The molecular weight excluding hydrogens is 300 g/mol. The highest BCUT2D eigenvalue weighted by molar-refractivity contribution is 7.99. The number of nitrogens with zero attached hydrogens (tertiary/aromatic N) is 5. The minimum absolute atomic E-state index is 0.283. The van der Waals surface area contributed by atoms with Crippen LogP contribution in [-0.4, -0.2) is 31.8 Å². The van der Waals surface area contributed by atoms with Gasteiger partial charge in [-0.05, 0) is 23.9 Å². The second-order valence-electron chi connectivity index (χ2n) is 4.29. The summed E-state index contributed by atoms with van der Waals surface area (Å²) < 4.78 is 7.16. The molecule has 0 amide bonds. The second kappa shape index (κ2) is 6.54. The van der Waals surface area contributed by atoms with Crippen LogP contribution in [0.1, 0.15) is 5.82 Å². The number of aromatic nitrogens is 5. The Kier molecular flexibility index (Phi) is 4.31. The van der Waals surface area contributed by atoms with E-state index in [0.29, 0.717) is 11.0 Å². The fourth-order valence-corrected chi connectivity index (χ4v) is 2.74. The van der Waals surface area contributed by atoms with Crippen LogP contribution in [0.25, 0.3) is 5.69 Å². The van der Waals surface area contributed by atoms with Crippen LogP contribution in [0.2, 0.25) is 0 Å². The Bertz CT molecular complexity index is 761. The van der Waals surface area contributed by atoms with E-state index in [9.17, 15) is 0 Å². The Morgan fingerprint density at radius 2 is 2.18 bits per heavy atom. The molecule has 0 unspecified atom stereocenters. The average Bonchev–Trinajstić information content (AvgIpc) is 2.98. The monoisotopic (exact) mass is 314 g/mol. The quantitative estimate of drug-likeness (QED) is 0.766. The third kappa shape index (κ3) is 2.92. The second-order valence-corrected chi connectivity index (χ2v) is 5.27. The van der Waals surface area contributed by atoms with E-state index in [1.165, 1.54) is 11.8 Å². The fraction of sp³-hybridized carbons (Fsp3) is 0.143. The van der Waals surface area contributed by atoms with Crippen molar-refractivity contribution in [2.24, 2.45) is 5.73 Å². The van der Waals surface area contributed by atoms with Gasteiger partial charge in [-0.1, -0.05) is 6.07 Å². The van der Waals surface area contributed by atoms with Crippen molar-refractivity contribution in [3.05, 3.63) is 48.7 Å². The van der Waals surface area contributed by atoms with Crippen LogP contribution in [0.15, 0.2) is 53.0 Å². The zero-order chi connectivity index (χ0) is 15.4. The smallest absolute Gasteiger partial charge is 0.202 e. The lowest BCUT2D eigenvalue weighted by Crippen LogP contribution is -2.07. The van der Waals surface area contributed by atoms with Gasteiger partial charge in [0.25, 0.3) is 0 Å². The molecule has 0 saturated carbocycles. The third-order valence-electron chi connectivity index (χ3n) is 2.93. The molecule has 1 aromatic carbocycles. The number of hydrogen-bond donors (Lipinski definition) is 1. The largest absolute Gasteiger partial charge is 0.497 e. The average molecular weight is 314 g/mol. The first kappa shape index (κ1) is 14.5. The Morgan fingerprint density at radius 3 is 2.91 bits per heavy atom. The number of rotatable bonds is 5. The molecular formula is C14H14N6OS. The zero-order valence-electron chi connectivity index (χ0n) is 11.9. The summed E-state index contributed by atoms with van der Waals surface area (Å²) in [5.74, 6) is 1.42. The van der Waals surface area contributed by atoms with Crippen molar-refractivity contribution < 1.29 is 4.74 Å². The molecule has 7 nitrogen and oxygen atoms in total. The fourth-order valence-electron chi connectivity index (χ4n) is 1.94. The van der Waals surface area contributed by atoms with Crippen molar-refractivity contribution in [3.63, 3.8) is 0 Å². The van der Waals surface area contributed by atoms with Crippen molar-refractivity contribution in [1.82, 2.24) is 24.7 Å². The maximum atomic E-state index is 5.77. The van der Waals surface area contributed by atoms with Gasteiger partial charge in [0.05, 0.1) is 25.5 Å². The lowest BCUT2D eigenvalue weighted by Gasteiger charge is -2.10. The predicted molar refractivity (Wildman–Crippen MR) is 82.0 cm³/mol. The van der Waals surface area contributed by atoms with Gasteiger partial charge in [0.15, 0.2) is 5.82 Å². The number of hydrogen-bond acceptors (Lipinski definition) is 7. The first-order valence-electron chi connectivity index (χ1n) is 6.54. The van der Waals surface area contributed by atoms with Gasteiger partial charge in [-0.25, -0.2) is 4.98 Å². The predicted octanol–water partition coefficient (Wildman–Crippen LogP) is 1.68. The van der Waals surface area contributed by atoms with Gasteiger partial charge in [0.2, 0.25) is 5.16 Å². The van der Waals surface area contributed by atoms with Gasteiger partial charge in [-0.15, -0.1) is 10.2 Å². The van der Waals surface area contributed by atoms with Crippen LogP contribution in [0, 0.1) is 0 Å². The zero-order valence-corrected chi connectivity index (χ0v) is 12.7. The molecule has 0 fully saturated rings. The number of nitrogens with two attached hydrogens (primary N) is 1. The van der Waals surface area contributed by atoms with Gasteiger partial charge in [0.1, 0.15) is 10.8 Å². The number of methoxy groups -OCH3 is 1. The molecule has 0 spiro atoms. The molecule has 0 bridgehead atoms. The minimum Gasteiger partial charge on any atom is -0.497 e. The summed E-state index contributed by atoms with van der Waals surface area (Å²) >= 11 is 1.38. The molecule has 112 valence electrons. The van der Waals surface area contributed by atoms with Gasteiger partial charge < -0.3 is 10.5 Å². The lowest BCUT2D eigenvalue weighted by atomic mass is 10.3. The van der Waals surface area contributed by atoms with E-state index in [1.54, 1.807) is 25.7 Å². The van der Waals surface area contributed by atoms with Gasteiger partial charge in [-0.2, -0.15) is 0 Å². The van der Waals surface area contributed by atoms with E-state index in [1.807, 2.05) is 28.8 Å². The molecule has 0 aliphatic carbocycles. The highest BCUT2D eigenvalue weighted by Crippen LogP contribution is 2.28. The van der Waals surface area contributed by atoms with Crippen LogP contribution in [0.4, 0.5) is 0 Å². The van der Waals surface area contributed by atoms with Gasteiger partial charge in [0, 0.05) is 18.5 Å². The molecule has 8 heteroatoms. The molecule has 22 heavy (non-hydrogen) atoms. The molecule has 0 atom stereocenters. The van der Waals surface area contributed by atoms with Gasteiger partial charge in [-0.3, -0.25) is 9.55 Å². The molecule has 2 N–H and O–H groups in total. The molecule has 0 saturated heterocycles. The van der Waals surface area contributed by atoms with Crippen molar-refractivity contribution in [3.8, 4) is 11.4 Å². The summed E-state index contributed by atoms with van der Waals surface area (Å²) in [6, 6.07) is 7.64. The summed E-state index contributed by atoms with van der Waals surface area (Å²) in [5.41, 5.74) is 6.66. The van der Waals surface area contributed by atoms with Crippen molar-refractivity contribution in [2.75, 3.05) is 7.11 Å². The van der Waals surface area contributed by atoms with E-state index in [-0.39, 0.29) is 6.54 Å². The van der Waals surface area contributed by atoms with Crippen LogP contribution < -0.4 is 10.5 Å². The van der Waals surface area contributed by atoms with E-state index >= 15 is 0 Å². The Labute approximate surface area is 131 Å². The van der Waals surface area contributed by atoms with Crippen molar-refractivity contribution in [2.45, 2.75) is 16.7 Å². The molecule has 3 rings (SSSR count). The van der Waals surface area contributed by atoms with Gasteiger partial charge >= 0.3 is 0 Å². The number of benzene rings is 1. The Morgan fingerprint density at radius 1 is 1.27 bits per heavy atom. The molecule has 3 aromatic rings. The van der Waals surface area contributed by atoms with Crippen molar-refractivity contribution >= 4 is 11.8 Å². The van der Waals surface area contributed by atoms with E-state index in [4.69, 9.17) is 10.5 Å². The highest BCUT2D eigenvalue weighted by atomic mass is 32.2. The standard InChI is InChI=1S/C14H14N6OS/c1-21-11-4-2-3-10(7-11)20-12(8-15)18-19-14(20)22-13-9-16-5-6-17-13/h2-7,9H,8,15H2,1H3. The minimum atomic E-state index is 0.283. The van der Waals surface area contributed by atoms with E-state index < -0.39 is 0 Å². The summed E-state index contributed by atoms with van der Waals surface area (Å²) in [5, 5.41) is 9.76. The molecule has 2 aromatic heterocycles. The Balaban J connectivity index is 2.03. The SMILES string of the molecule is COc1cccc(-n2c(CN)nnc2Sc2cnccn2)c1. The van der Waals surface area contributed by atoms with Crippen molar-refractivity contribution in [1.29, 1.82) is 0 Å². The van der Waals surface area contributed by atoms with Crippen LogP contribution >= 0.6 is 11.8 Å². The Hall–Kier alpha value is -2.45. The molecule has 2 heterocycles. The summed E-state index contributed by atoms with van der Waals surface area (Å²) in [6.07, 6.45) is 4.94. The first-order chi connectivity index (χ1) is 10.8. The maximum absolute atomic E-state index is 5.77. The maximum Gasteiger partial charge on any atom is 0.202 e. The normalized spacial score (nSPS) is 10.6. The van der Waals surface area contributed by atoms with E-state index in [0.717, 1.165) is 16.5 Å². The third-order valence-corrected chi connectivity index (χ3v) is 3.80. The first-order valence-corrected chi connectivity index (χ1v) is 7.36. The molecule has 0 aliphatic heterocycles.